The fourth-order valence-electron chi connectivity index (χ4n) is 3.04. The first kappa shape index (κ1) is 19.3. The highest BCUT2D eigenvalue weighted by Gasteiger charge is 2.38. The van der Waals surface area contributed by atoms with Gasteiger partial charge in [0.25, 0.3) is 10.0 Å². The summed E-state index contributed by atoms with van der Waals surface area (Å²) in [6.45, 7) is 1.71. The zero-order chi connectivity index (χ0) is 21.3. The molecule has 10 nitrogen and oxygen atoms in total. The van der Waals surface area contributed by atoms with Crippen molar-refractivity contribution in [3.63, 3.8) is 0 Å². The number of hydrogen-bond acceptors (Lipinski definition) is 9. The molecule has 0 bridgehead atoms. The Bertz CT molecular complexity index is 1290. The van der Waals surface area contributed by atoms with E-state index in [2.05, 4.69) is 25.3 Å². The maximum Gasteiger partial charge on any atom is 0.273 e. The first-order chi connectivity index (χ1) is 14.4. The van der Waals surface area contributed by atoms with Crippen LogP contribution in [0.15, 0.2) is 64.9 Å². The van der Waals surface area contributed by atoms with Crippen LogP contribution in [-0.4, -0.2) is 35.2 Å². The number of rotatable bonds is 4. The summed E-state index contributed by atoms with van der Waals surface area (Å²) in [5.41, 5.74) is 6.23. The van der Waals surface area contributed by atoms with Gasteiger partial charge in [0.15, 0.2) is 5.82 Å². The van der Waals surface area contributed by atoms with E-state index in [9.17, 15) is 13.7 Å². The van der Waals surface area contributed by atoms with E-state index in [1.54, 1.807) is 43.3 Å². The van der Waals surface area contributed by atoms with Gasteiger partial charge >= 0.3 is 0 Å². The summed E-state index contributed by atoms with van der Waals surface area (Å²) in [5, 5.41) is 12.4. The summed E-state index contributed by atoms with van der Waals surface area (Å²) in [7, 11) is -3.97. The molecule has 1 unspecified atom stereocenters. The number of amidine groups is 1. The lowest BCUT2D eigenvalue weighted by Crippen LogP contribution is -2.47. The SMILES string of the molecule is CC(Nc1ncnc(N)c1C#N)C1=Nc2ncccc2S(=O)(=O)N1c1ccccc1. The molecule has 0 spiro atoms. The summed E-state index contributed by atoms with van der Waals surface area (Å²) >= 11 is 0. The van der Waals surface area contributed by atoms with Gasteiger partial charge in [-0.15, -0.1) is 0 Å². The molecule has 3 aromatic rings. The van der Waals surface area contributed by atoms with E-state index in [1.165, 1.54) is 18.6 Å². The molecule has 1 atom stereocenters. The van der Waals surface area contributed by atoms with Gasteiger partial charge < -0.3 is 11.1 Å². The van der Waals surface area contributed by atoms with Gasteiger partial charge in [0, 0.05) is 6.20 Å². The monoisotopic (exact) mass is 420 g/mol. The molecule has 1 aromatic carbocycles. The van der Waals surface area contributed by atoms with Crippen LogP contribution in [0.4, 0.5) is 23.1 Å². The lowest BCUT2D eigenvalue weighted by Gasteiger charge is -2.32. The lowest BCUT2D eigenvalue weighted by molar-refractivity contribution is 0.595. The van der Waals surface area contributed by atoms with Crippen LogP contribution in [0.2, 0.25) is 0 Å². The van der Waals surface area contributed by atoms with E-state index in [4.69, 9.17) is 5.73 Å². The minimum absolute atomic E-state index is 0.00815. The van der Waals surface area contributed by atoms with Crippen LogP contribution < -0.4 is 15.4 Å². The number of nitrogens with one attached hydrogen (secondary N) is 1. The fraction of sp³-hybridized carbons (Fsp3) is 0.105. The number of anilines is 3. The molecule has 0 aliphatic carbocycles. The Morgan fingerprint density at radius 3 is 2.63 bits per heavy atom. The van der Waals surface area contributed by atoms with Gasteiger partial charge in [-0.05, 0) is 31.2 Å². The number of sulfonamides is 1. The molecule has 3 heterocycles. The van der Waals surface area contributed by atoms with Crippen LogP contribution in [-0.2, 0) is 10.0 Å². The average Bonchev–Trinajstić information content (AvgIpc) is 2.74. The number of aliphatic imine (C=N–C) groups is 1. The van der Waals surface area contributed by atoms with Crippen LogP contribution in [0.3, 0.4) is 0 Å². The molecule has 11 heteroatoms. The number of hydrogen-bond donors (Lipinski definition) is 2. The minimum Gasteiger partial charge on any atom is -0.382 e. The van der Waals surface area contributed by atoms with Crippen molar-refractivity contribution < 1.29 is 8.42 Å². The molecular weight excluding hydrogens is 404 g/mol. The van der Waals surface area contributed by atoms with E-state index in [0.717, 1.165) is 4.31 Å². The molecule has 150 valence electrons. The molecule has 3 N–H and O–H groups in total. The minimum atomic E-state index is -3.97. The van der Waals surface area contributed by atoms with Crippen molar-refractivity contribution in [3.8, 4) is 6.07 Å². The summed E-state index contributed by atoms with van der Waals surface area (Å²) in [6, 6.07) is 12.9. The molecule has 0 saturated heterocycles. The van der Waals surface area contributed by atoms with Crippen molar-refractivity contribution in [3.05, 3.63) is 60.6 Å². The Labute approximate surface area is 172 Å². The van der Waals surface area contributed by atoms with Gasteiger partial charge in [0.05, 0.1) is 11.7 Å². The second kappa shape index (κ2) is 7.41. The van der Waals surface area contributed by atoms with Gasteiger partial charge in [0.1, 0.15) is 40.3 Å². The van der Waals surface area contributed by atoms with Gasteiger partial charge in [-0.25, -0.2) is 32.7 Å². The molecule has 0 saturated carbocycles. The number of nitrogens with zero attached hydrogens (tertiary/aromatic N) is 6. The van der Waals surface area contributed by atoms with E-state index in [0.29, 0.717) is 5.69 Å². The molecule has 30 heavy (non-hydrogen) atoms. The smallest absolute Gasteiger partial charge is 0.273 e. The largest absolute Gasteiger partial charge is 0.382 e. The second-order valence-electron chi connectivity index (χ2n) is 6.36. The highest BCUT2D eigenvalue weighted by Crippen LogP contribution is 2.35. The number of pyridine rings is 1. The van der Waals surface area contributed by atoms with Crippen molar-refractivity contribution in [2.75, 3.05) is 15.4 Å². The fourth-order valence-corrected chi connectivity index (χ4v) is 4.66. The van der Waals surface area contributed by atoms with Gasteiger partial charge in [-0.3, -0.25) is 0 Å². The Balaban J connectivity index is 1.85. The topological polar surface area (TPSA) is 150 Å². The van der Waals surface area contributed by atoms with Crippen LogP contribution >= 0.6 is 0 Å². The lowest BCUT2D eigenvalue weighted by atomic mass is 10.2. The van der Waals surface area contributed by atoms with Crippen LogP contribution in [0, 0.1) is 11.3 Å². The quantitative estimate of drug-likeness (QED) is 0.651. The average molecular weight is 420 g/mol. The number of fused-ring (bicyclic) bond motifs is 1. The Morgan fingerprint density at radius 1 is 1.13 bits per heavy atom. The molecule has 0 amide bonds. The summed E-state index contributed by atoms with van der Waals surface area (Å²) in [6.07, 6.45) is 2.70. The predicted octanol–water partition coefficient (Wildman–Crippen LogP) is 2.06. The Morgan fingerprint density at radius 2 is 1.90 bits per heavy atom. The molecule has 2 aromatic heterocycles. The third-order valence-corrected chi connectivity index (χ3v) is 6.17. The highest BCUT2D eigenvalue weighted by atomic mass is 32.2. The maximum absolute atomic E-state index is 13.4. The highest BCUT2D eigenvalue weighted by molar-refractivity contribution is 7.93. The van der Waals surface area contributed by atoms with E-state index in [-0.39, 0.29) is 33.7 Å². The number of aromatic nitrogens is 3. The standard InChI is InChI=1S/C19H16N8O2S/c1-12(25-17-14(10-20)16(21)23-11-24-17)19-26-18-15(8-5-9-22-18)30(28,29)27(19)13-6-3-2-4-7-13/h2-9,11-12H,1H3,(H3,21,23,24,25). The Hall–Kier alpha value is -4.04. The molecule has 0 fully saturated rings. The van der Waals surface area contributed by atoms with Gasteiger partial charge in [0.2, 0.25) is 0 Å². The van der Waals surface area contributed by atoms with Crippen LogP contribution in [0.25, 0.3) is 0 Å². The maximum atomic E-state index is 13.4. The summed E-state index contributed by atoms with van der Waals surface area (Å²) < 4.78 is 28.0. The molecule has 4 rings (SSSR count). The van der Waals surface area contributed by atoms with Crippen molar-refractivity contribution in [1.29, 1.82) is 5.26 Å². The normalized spacial score (nSPS) is 15.5. The number of nitrogen functional groups attached to an aromatic ring is 1. The Kier molecular flexibility index (Phi) is 4.77. The van der Waals surface area contributed by atoms with Gasteiger partial charge in [-0.2, -0.15) is 5.26 Å². The summed E-state index contributed by atoms with van der Waals surface area (Å²) in [5.74, 6) is 0.467. The molecule has 1 aliphatic heterocycles. The van der Waals surface area contributed by atoms with Crippen LogP contribution in [0.1, 0.15) is 12.5 Å². The molecule has 1 aliphatic rings. The van der Waals surface area contributed by atoms with E-state index < -0.39 is 16.1 Å². The van der Waals surface area contributed by atoms with E-state index in [1.807, 2.05) is 6.07 Å². The third kappa shape index (κ3) is 3.19. The van der Waals surface area contributed by atoms with Crippen molar-refractivity contribution in [2.45, 2.75) is 17.9 Å². The van der Waals surface area contributed by atoms with Crippen molar-refractivity contribution in [1.82, 2.24) is 15.0 Å². The number of benzene rings is 1. The zero-order valence-corrected chi connectivity index (χ0v) is 16.6. The second-order valence-corrected chi connectivity index (χ2v) is 8.12. The first-order valence-corrected chi connectivity index (χ1v) is 10.3. The first-order valence-electron chi connectivity index (χ1n) is 8.84. The molecular formula is C19H16N8O2S. The van der Waals surface area contributed by atoms with Crippen LogP contribution in [0.5, 0.6) is 0 Å². The predicted molar refractivity (Wildman–Crippen MR) is 112 cm³/mol. The van der Waals surface area contributed by atoms with Gasteiger partial charge in [-0.1, -0.05) is 18.2 Å². The zero-order valence-electron chi connectivity index (χ0n) is 15.8. The van der Waals surface area contributed by atoms with Crippen molar-refractivity contribution >= 4 is 39.0 Å². The third-order valence-electron chi connectivity index (χ3n) is 4.42. The van der Waals surface area contributed by atoms with E-state index >= 15 is 0 Å². The van der Waals surface area contributed by atoms with Crippen molar-refractivity contribution in [2.24, 2.45) is 4.99 Å². The summed E-state index contributed by atoms with van der Waals surface area (Å²) in [4.78, 5) is 16.5. The number of para-hydroxylation sites is 1. The number of nitriles is 1. The molecule has 0 radical (unpaired) electrons. The number of nitrogens with two attached hydrogens (primary N) is 1.